The highest BCUT2D eigenvalue weighted by molar-refractivity contribution is 6.14. The van der Waals surface area contributed by atoms with E-state index >= 15 is 0 Å². The number of fused-ring (bicyclic) bond motifs is 3. The first-order chi connectivity index (χ1) is 12.2. The van der Waals surface area contributed by atoms with E-state index in [1.165, 1.54) is 18.0 Å². The summed E-state index contributed by atoms with van der Waals surface area (Å²) in [6, 6.07) is 10.2. The van der Waals surface area contributed by atoms with Gasteiger partial charge in [0.25, 0.3) is 11.8 Å². The number of anilines is 2. The van der Waals surface area contributed by atoms with E-state index in [1.807, 2.05) is 0 Å². The van der Waals surface area contributed by atoms with Crippen molar-refractivity contribution >= 4 is 23.2 Å². The molecule has 2 aromatic rings. The maximum atomic E-state index is 12.7. The minimum Gasteiger partial charge on any atom is -0.406 e. The Morgan fingerprint density at radius 2 is 1.81 bits per heavy atom. The smallest absolute Gasteiger partial charge is 0.406 e. The van der Waals surface area contributed by atoms with Crippen molar-refractivity contribution in [2.75, 3.05) is 17.7 Å². The molecule has 134 valence electrons. The first-order valence-electron chi connectivity index (χ1n) is 7.59. The van der Waals surface area contributed by atoms with Gasteiger partial charge in [-0.1, -0.05) is 12.1 Å². The Morgan fingerprint density at radius 3 is 2.54 bits per heavy atom. The molecule has 1 atom stereocenters. The molecule has 2 amide bonds. The fourth-order valence-corrected chi connectivity index (χ4v) is 3.32. The topological polar surface area (TPSA) is 70.7 Å². The average molecular weight is 363 g/mol. The summed E-state index contributed by atoms with van der Waals surface area (Å²) < 4.78 is 41.2. The summed E-state index contributed by atoms with van der Waals surface area (Å²) in [7, 11) is 1.46. The quantitative estimate of drug-likeness (QED) is 0.817. The Bertz CT molecular complexity index is 944. The van der Waals surface area contributed by atoms with Crippen LogP contribution in [0, 0.1) is 0 Å². The van der Waals surface area contributed by atoms with Crippen molar-refractivity contribution in [1.29, 1.82) is 0 Å². The van der Waals surface area contributed by atoms with Gasteiger partial charge in [0.1, 0.15) is 5.75 Å². The van der Waals surface area contributed by atoms with Gasteiger partial charge in [0.2, 0.25) is 5.66 Å². The van der Waals surface area contributed by atoms with Crippen LogP contribution in [-0.4, -0.2) is 30.1 Å². The normalized spacial score (nSPS) is 21.2. The van der Waals surface area contributed by atoms with E-state index < -0.39 is 23.7 Å². The molecule has 2 aliphatic heterocycles. The summed E-state index contributed by atoms with van der Waals surface area (Å²) in [4.78, 5) is 26.7. The third-order valence-corrected chi connectivity index (χ3v) is 4.47. The number of rotatable bonds is 1. The number of nitrogens with one attached hydrogen (secondary N) is 2. The van der Waals surface area contributed by atoms with E-state index in [9.17, 15) is 22.8 Å². The first kappa shape index (κ1) is 16.2. The van der Waals surface area contributed by atoms with Crippen molar-refractivity contribution in [1.82, 2.24) is 4.90 Å². The van der Waals surface area contributed by atoms with Crippen LogP contribution in [0.25, 0.3) is 0 Å². The molecule has 0 fully saturated rings. The standard InChI is InChI=1S/C17H12F3N3O3/c1-23-14(24)10-4-2-3-5-12(10)22-16(23)11-7-6-9(26-17(18,19)20)8-13(11)21-15(16)25/h2-8,22H,1H3,(H,21,25). The summed E-state index contributed by atoms with van der Waals surface area (Å²) in [5.74, 6) is -1.40. The van der Waals surface area contributed by atoms with Gasteiger partial charge in [-0.3, -0.25) is 9.59 Å². The number of likely N-dealkylation sites (N-methyl/N-ethyl adjacent to an activating group) is 1. The molecular weight excluding hydrogens is 351 g/mol. The third-order valence-electron chi connectivity index (χ3n) is 4.47. The fourth-order valence-electron chi connectivity index (χ4n) is 3.32. The van der Waals surface area contributed by atoms with E-state index in [4.69, 9.17) is 0 Å². The molecule has 2 heterocycles. The summed E-state index contributed by atoms with van der Waals surface area (Å²) >= 11 is 0. The number of ether oxygens (including phenoxy) is 1. The lowest BCUT2D eigenvalue weighted by Crippen LogP contribution is -2.59. The average Bonchev–Trinajstić information content (AvgIpc) is 2.83. The molecular formula is C17H12F3N3O3. The zero-order chi connectivity index (χ0) is 18.7. The van der Waals surface area contributed by atoms with Crippen molar-refractivity contribution in [2.24, 2.45) is 0 Å². The van der Waals surface area contributed by atoms with Crippen LogP contribution < -0.4 is 15.4 Å². The summed E-state index contributed by atoms with van der Waals surface area (Å²) in [5, 5.41) is 5.58. The highest BCUT2D eigenvalue weighted by Gasteiger charge is 2.55. The van der Waals surface area contributed by atoms with E-state index in [0.29, 0.717) is 16.8 Å². The molecule has 9 heteroatoms. The predicted octanol–water partition coefficient (Wildman–Crippen LogP) is 2.89. The second kappa shape index (κ2) is 5.13. The fraction of sp³-hybridized carbons (Fsp3) is 0.176. The molecule has 2 aliphatic rings. The van der Waals surface area contributed by atoms with Crippen LogP contribution in [-0.2, 0) is 10.5 Å². The highest BCUT2D eigenvalue weighted by Crippen LogP contribution is 2.45. The maximum absolute atomic E-state index is 12.7. The summed E-state index contributed by atoms with van der Waals surface area (Å²) in [6.07, 6.45) is -4.84. The molecule has 6 nitrogen and oxygen atoms in total. The first-order valence-corrected chi connectivity index (χ1v) is 7.59. The molecule has 2 aromatic carbocycles. The highest BCUT2D eigenvalue weighted by atomic mass is 19.4. The number of alkyl halides is 3. The minimum atomic E-state index is -4.84. The molecule has 0 saturated carbocycles. The van der Waals surface area contributed by atoms with E-state index in [2.05, 4.69) is 15.4 Å². The van der Waals surface area contributed by atoms with Gasteiger partial charge in [-0.05, 0) is 24.3 Å². The van der Waals surface area contributed by atoms with Gasteiger partial charge >= 0.3 is 6.36 Å². The molecule has 26 heavy (non-hydrogen) atoms. The molecule has 1 spiro atoms. The van der Waals surface area contributed by atoms with Gasteiger partial charge in [0.15, 0.2) is 0 Å². The molecule has 0 bridgehead atoms. The number of amides is 2. The van der Waals surface area contributed by atoms with E-state index in [1.54, 1.807) is 24.3 Å². The number of para-hydroxylation sites is 1. The van der Waals surface area contributed by atoms with Gasteiger partial charge in [-0.25, -0.2) is 0 Å². The van der Waals surface area contributed by atoms with Crippen molar-refractivity contribution in [2.45, 2.75) is 12.0 Å². The molecule has 0 aliphatic carbocycles. The van der Waals surface area contributed by atoms with Gasteiger partial charge < -0.3 is 20.3 Å². The Kier molecular flexibility index (Phi) is 3.21. The number of hydrogen-bond acceptors (Lipinski definition) is 4. The maximum Gasteiger partial charge on any atom is 0.573 e. The lowest BCUT2D eigenvalue weighted by molar-refractivity contribution is -0.274. The zero-order valence-corrected chi connectivity index (χ0v) is 13.3. The van der Waals surface area contributed by atoms with Gasteiger partial charge in [0.05, 0.1) is 11.3 Å². The van der Waals surface area contributed by atoms with Gasteiger partial charge in [-0.15, -0.1) is 13.2 Å². The van der Waals surface area contributed by atoms with Crippen LogP contribution >= 0.6 is 0 Å². The van der Waals surface area contributed by atoms with Crippen LogP contribution in [0.2, 0.25) is 0 Å². The van der Waals surface area contributed by atoms with Crippen LogP contribution in [0.15, 0.2) is 42.5 Å². The van der Waals surface area contributed by atoms with Gasteiger partial charge in [0, 0.05) is 24.4 Å². The van der Waals surface area contributed by atoms with Crippen molar-refractivity contribution < 1.29 is 27.5 Å². The second-order valence-corrected chi connectivity index (χ2v) is 5.95. The van der Waals surface area contributed by atoms with Crippen molar-refractivity contribution in [3.8, 4) is 5.75 Å². The molecule has 0 aromatic heterocycles. The molecule has 0 radical (unpaired) electrons. The number of hydrogen-bond donors (Lipinski definition) is 2. The summed E-state index contributed by atoms with van der Waals surface area (Å²) in [6.45, 7) is 0. The summed E-state index contributed by atoms with van der Waals surface area (Å²) in [5.41, 5.74) is -0.198. The van der Waals surface area contributed by atoms with Crippen LogP contribution in [0.3, 0.4) is 0 Å². The molecule has 1 unspecified atom stereocenters. The third kappa shape index (κ3) is 2.20. The van der Waals surface area contributed by atoms with Crippen LogP contribution in [0.4, 0.5) is 24.5 Å². The van der Waals surface area contributed by atoms with Gasteiger partial charge in [-0.2, -0.15) is 0 Å². The molecule has 2 N–H and O–H groups in total. The Balaban J connectivity index is 1.82. The molecule has 4 rings (SSSR count). The predicted molar refractivity (Wildman–Crippen MR) is 85.6 cm³/mol. The number of benzene rings is 2. The largest absolute Gasteiger partial charge is 0.573 e. The van der Waals surface area contributed by atoms with Crippen LogP contribution in [0.1, 0.15) is 15.9 Å². The Labute approximate surface area is 145 Å². The van der Waals surface area contributed by atoms with E-state index in [0.717, 1.165) is 12.1 Å². The SMILES string of the molecule is CN1C(=O)c2ccccc2NC12C(=O)Nc1cc(OC(F)(F)F)ccc12. The second-order valence-electron chi connectivity index (χ2n) is 5.95. The van der Waals surface area contributed by atoms with Crippen LogP contribution in [0.5, 0.6) is 5.75 Å². The zero-order valence-electron chi connectivity index (χ0n) is 13.3. The number of carbonyl (C=O) groups is 2. The monoisotopic (exact) mass is 363 g/mol. The Morgan fingerprint density at radius 1 is 1.08 bits per heavy atom. The number of nitrogens with zero attached hydrogens (tertiary/aromatic N) is 1. The van der Waals surface area contributed by atoms with Crippen molar-refractivity contribution in [3.63, 3.8) is 0 Å². The lowest BCUT2D eigenvalue weighted by Gasteiger charge is -2.42. The molecule has 0 saturated heterocycles. The lowest BCUT2D eigenvalue weighted by atomic mass is 9.93. The minimum absolute atomic E-state index is 0.142. The Hall–Kier alpha value is -3.23. The van der Waals surface area contributed by atoms with E-state index in [-0.39, 0.29) is 11.6 Å². The van der Waals surface area contributed by atoms with Crippen molar-refractivity contribution in [3.05, 3.63) is 53.6 Å². The number of halogens is 3. The number of carbonyl (C=O) groups excluding carboxylic acids is 2.